The maximum absolute atomic E-state index is 12.8. The van der Waals surface area contributed by atoms with Gasteiger partial charge in [-0.2, -0.15) is 5.10 Å². The molecule has 0 radical (unpaired) electrons. The molecule has 3 aromatic rings. The maximum Gasteiger partial charge on any atom is 0.267 e. The number of rotatable bonds is 5. The molecule has 0 fully saturated rings. The smallest absolute Gasteiger partial charge is 0.267 e. The van der Waals surface area contributed by atoms with Crippen molar-refractivity contribution in [1.29, 1.82) is 0 Å². The van der Waals surface area contributed by atoms with Crippen molar-refractivity contribution in [3.8, 4) is 0 Å². The van der Waals surface area contributed by atoms with Crippen molar-refractivity contribution in [2.45, 2.75) is 30.3 Å². The zero-order valence-corrected chi connectivity index (χ0v) is 16.2. The Morgan fingerprint density at radius 2 is 1.68 bits per heavy atom. The Morgan fingerprint density at radius 3 is 2.36 bits per heavy atom. The molecule has 3 rings (SSSR count). The van der Waals surface area contributed by atoms with Crippen molar-refractivity contribution in [2.75, 3.05) is 5.32 Å². The normalized spacial score (nSPS) is 11.2. The van der Waals surface area contributed by atoms with E-state index >= 15 is 0 Å². The number of carbonyl (C=O) groups excluding carboxylic acids is 1. The number of benzene rings is 2. The third-order valence-corrected chi connectivity index (χ3v) is 5.82. The van der Waals surface area contributed by atoms with Gasteiger partial charge in [-0.25, -0.2) is 13.1 Å². The summed E-state index contributed by atoms with van der Waals surface area (Å²) in [5.74, 6) is -0.478. The number of sulfone groups is 1. The Balaban J connectivity index is 1.87. The van der Waals surface area contributed by atoms with Crippen molar-refractivity contribution in [3.63, 3.8) is 0 Å². The van der Waals surface area contributed by atoms with Gasteiger partial charge in [0.15, 0.2) is 5.03 Å². The number of nitrogens with zero attached hydrogens (tertiary/aromatic N) is 2. The molecule has 1 aromatic heterocycles. The molecule has 0 saturated carbocycles. The topological polar surface area (TPSA) is 98.1 Å². The number of carbonyl (C=O) groups is 1. The van der Waals surface area contributed by atoms with Crippen LogP contribution >= 0.6 is 0 Å². The number of aromatic nitrogens is 2. The van der Waals surface area contributed by atoms with Crippen LogP contribution in [0.5, 0.6) is 0 Å². The molecule has 7 nitrogen and oxygen atoms in total. The lowest BCUT2D eigenvalue weighted by molar-refractivity contribution is -0.117. The van der Waals surface area contributed by atoms with Gasteiger partial charge in [-0.05, 0) is 43.7 Å². The predicted molar refractivity (Wildman–Crippen MR) is 105 cm³/mol. The van der Waals surface area contributed by atoms with Crippen LogP contribution in [0, 0.1) is 13.8 Å². The van der Waals surface area contributed by atoms with Crippen LogP contribution in [0.1, 0.15) is 11.1 Å². The Hall–Kier alpha value is -3.26. The maximum atomic E-state index is 12.8. The van der Waals surface area contributed by atoms with E-state index in [4.69, 9.17) is 0 Å². The second kappa shape index (κ2) is 7.77. The molecule has 8 heteroatoms. The standard InChI is InChI=1S/C20H19N3O4S/c1-14-7-9-16(10-8-14)28(26,27)19-11-12-20(25)23(22-19)13-18(24)21-17-6-4-3-5-15(17)2/h3-12H,13H2,1-2H3,(H,21,24). The molecule has 0 spiro atoms. The Labute approximate surface area is 162 Å². The monoisotopic (exact) mass is 397 g/mol. The van der Waals surface area contributed by atoms with Crippen LogP contribution in [0.4, 0.5) is 5.69 Å². The average Bonchev–Trinajstić information content (AvgIpc) is 2.65. The zero-order chi connectivity index (χ0) is 20.3. The number of amides is 1. The van der Waals surface area contributed by atoms with Gasteiger partial charge in [0.2, 0.25) is 15.7 Å². The Kier molecular flexibility index (Phi) is 5.41. The van der Waals surface area contributed by atoms with E-state index in [-0.39, 0.29) is 9.92 Å². The van der Waals surface area contributed by atoms with Crippen molar-refractivity contribution in [1.82, 2.24) is 9.78 Å². The third-order valence-electron chi connectivity index (χ3n) is 4.16. The van der Waals surface area contributed by atoms with Crippen LogP contribution in [0.25, 0.3) is 0 Å². The number of aryl methyl sites for hydroxylation is 2. The Bertz CT molecular complexity index is 1180. The number of nitrogens with one attached hydrogen (secondary N) is 1. The van der Waals surface area contributed by atoms with Crippen LogP contribution in [-0.2, 0) is 21.2 Å². The van der Waals surface area contributed by atoms with Gasteiger partial charge in [-0.3, -0.25) is 9.59 Å². The van der Waals surface area contributed by atoms with E-state index in [0.717, 1.165) is 27.9 Å². The molecule has 0 unspecified atom stereocenters. The van der Waals surface area contributed by atoms with Gasteiger partial charge in [0, 0.05) is 11.8 Å². The van der Waals surface area contributed by atoms with Gasteiger partial charge in [-0.15, -0.1) is 0 Å². The summed E-state index contributed by atoms with van der Waals surface area (Å²) in [5, 5.41) is 6.30. The molecule has 0 aliphatic heterocycles. The third kappa shape index (κ3) is 4.17. The minimum Gasteiger partial charge on any atom is -0.324 e. The first-order chi connectivity index (χ1) is 13.3. The molecule has 2 aromatic carbocycles. The minimum absolute atomic E-state index is 0.0696. The van der Waals surface area contributed by atoms with Gasteiger partial charge in [0.25, 0.3) is 5.56 Å². The van der Waals surface area contributed by atoms with Crippen molar-refractivity contribution < 1.29 is 13.2 Å². The van der Waals surface area contributed by atoms with Crippen LogP contribution in [0.15, 0.2) is 75.4 Å². The van der Waals surface area contributed by atoms with E-state index in [9.17, 15) is 18.0 Å². The Morgan fingerprint density at radius 1 is 1.00 bits per heavy atom. The second-order valence-electron chi connectivity index (χ2n) is 6.35. The number of para-hydroxylation sites is 1. The molecule has 0 bridgehead atoms. The van der Waals surface area contributed by atoms with Crippen LogP contribution in [0.2, 0.25) is 0 Å². The summed E-state index contributed by atoms with van der Waals surface area (Å²) >= 11 is 0. The van der Waals surface area contributed by atoms with Gasteiger partial charge in [-0.1, -0.05) is 35.9 Å². The summed E-state index contributed by atoms with van der Waals surface area (Å²) in [6.07, 6.45) is 0. The summed E-state index contributed by atoms with van der Waals surface area (Å²) in [6, 6.07) is 15.8. The fourth-order valence-electron chi connectivity index (χ4n) is 2.56. The van der Waals surface area contributed by atoms with E-state index in [1.165, 1.54) is 12.1 Å². The highest BCUT2D eigenvalue weighted by molar-refractivity contribution is 7.91. The summed E-state index contributed by atoms with van der Waals surface area (Å²) in [5.41, 5.74) is 1.84. The SMILES string of the molecule is Cc1ccc(S(=O)(=O)c2ccc(=O)n(CC(=O)Nc3ccccc3C)n2)cc1. The first-order valence-corrected chi connectivity index (χ1v) is 10.0. The van der Waals surface area contributed by atoms with Crippen molar-refractivity contribution in [2.24, 2.45) is 0 Å². The quantitative estimate of drug-likeness (QED) is 0.713. The average molecular weight is 397 g/mol. The molecular formula is C20H19N3O4S. The predicted octanol–water partition coefficient (Wildman–Crippen LogP) is 2.33. The number of hydrogen-bond acceptors (Lipinski definition) is 5. The highest BCUT2D eigenvalue weighted by Gasteiger charge is 2.21. The van der Waals surface area contributed by atoms with E-state index in [2.05, 4.69) is 10.4 Å². The summed E-state index contributed by atoms with van der Waals surface area (Å²) < 4.78 is 26.3. The van der Waals surface area contributed by atoms with E-state index < -0.39 is 27.8 Å². The molecule has 0 aliphatic rings. The van der Waals surface area contributed by atoms with Crippen LogP contribution in [0.3, 0.4) is 0 Å². The highest BCUT2D eigenvalue weighted by atomic mass is 32.2. The van der Waals surface area contributed by atoms with Crippen molar-refractivity contribution in [3.05, 3.63) is 82.1 Å². The lowest BCUT2D eigenvalue weighted by Gasteiger charge is -2.10. The molecule has 0 aliphatic carbocycles. The number of anilines is 1. The molecule has 1 N–H and O–H groups in total. The summed E-state index contributed by atoms with van der Waals surface area (Å²) in [7, 11) is -3.90. The molecule has 144 valence electrons. The summed E-state index contributed by atoms with van der Waals surface area (Å²) in [4.78, 5) is 24.4. The van der Waals surface area contributed by atoms with E-state index in [0.29, 0.717) is 5.69 Å². The molecule has 1 heterocycles. The molecule has 1 amide bonds. The van der Waals surface area contributed by atoms with Gasteiger partial charge >= 0.3 is 0 Å². The molecule has 0 saturated heterocycles. The first-order valence-electron chi connectivity index (χ1n) is 8.53. The lowest BCUT2D eigenvalue weighted by Crippen LogP contribution is -2.30. The largest absolute Gasteiger partial charge is 0.324 e. The molecular weight excluding hydrogens is 378 g/mol. The molecule has 0 atom stereocenters. The second-order valence-corrected chi connectivity index (χ2v) is 8.24. The first kappa shape index (κ1) is 19.5. The lowest BCUT2D eigenvalue weighted by atomic mass is 10.2. The fraction of sp³-hybridized carbons (Fsp3) is 0.150. The fourth-order valence-corrected chi connectivity index (χ4v) is 3.75. The van der Waals surface area contributed by atoms with Gasteiger partial charge in [0.1, 0.15) is 6.54 Å². The number of hydrogen-bond donors (Lipinski definition) is 1. The van der Waals surface area contributed by atoms with Crippen LogP contribution in [-0.4, -0.2) is 24.1 Å². The highest BCUT2D eigenvalue weighted by Crippen LogP contribution is 2.18. The van der Waals surface area contributed by atoms with E-state index in [1.807, 2.05) is 26.0 Å². The van der Waals surface area contributed by atoms with Crippen molar-refractivity contribution >= 4 is 21.4 Å². The summed E-state index contributed by atoms with van der Waals surface area (Å²) in [6.45, 7) is 3.29. The van der Waals surface area contributed by atoms with Gasteiger partial charge < -0.3 is 5.32 Å². The van der Waals surface area contributed by atoms with Crippen LogP contribution < -0.4 is 10.9 Å². The minimum atomic E-state index is -3.90. The van der Waals surface area contributed by atoms with E-state index in [1.54, 1.807) is 24.3 Å². The zero-order valence-electron chi connectivity index (χ0n) is 15.4. The molecule has 28 heavy (non-hydrogen) atoms. The van der Waals surface area contributed by atoms with Gasteiger partial charge in [0.05, 0.1) is 4.90 Å².